The fraction of sp³-hybridized carbons (Fsp3) is 0.250. The van der Waals surface area contributed by atoms with Crippen LogP contribution >= 0.6 is 0 Å². The number of nitrogens with one attached hydrogen (secondary N) is 2. The number of amides is 4. The molecule has 2 aromatic carbocycles. The number of hydrogen-bond acceptors (Lipinski definition) is 4. The van der Waals surface area contributed by atoms with Gasteiger partial charge >= 0.3 is 6.03 Å². The fourth-order valence-corrected chi connectivity index (χ4v) is 3.73. The monoisotopic (exact) mass is 431 g/mol. The number of benzene rings is 2. The zero-order chi connectivity index (χ0) is 22.9. The van der Waals surface area contributed by atoms with Crippen LogP contribution in [0.15, 0.2) is 60.9 Å². The largest absolute Gasteiger partial charge is 0.331 e. The van der Waals surface area contributed by atoms with Crippen molar-refractivity contribution in [3.8, 4) is 0 Å². The van der Waals surface area contributed by atoms with Crippen LogP contribution in [0.5, 0.6) is 0 Å². The van der Waals surface area contributed by atoms with Gasteiger partial charge in [-0.25, -0.2) is 9.78 Å². The molecule has 2 heterocycles. The Hall–Kier alpha value is -3.94. The van der Waals surface area contributed by atoms with E-state index in [1.54, 1.807) is 25.3 Å². The normalized spacial score (nSPS) is 18.0. The molecule has 2 N–H and O–H groups in total. The summed E-state index contributed by atoms with van der Waals surface area (Å²) < 4.78 is 2.02. The molecule has 1 atom stereocenters. The molecule has 1 aromatic heterocycles. The number of aromatic nitrogens is 2. The van der Waals surface area contributed by atoms with Crippen molar-refractivity contribution in [3.05, 3.63) is 83.4 Å². The molecule has 0 saturated carbocycles. The van der Waals surface area contributed by atoms with Gasteiger partial charge in [-0.05, 0) is 44.0 Å². The van der Waals surface area contributed by atoms with Crippen LogP contribution < -0.4 is 10.6 Å². The van der Waals surface area contributed by atoms with Gasteiger partial charge in [0.1, 0.15) is 17.9 Å². The molecule has 1 aliphatic heterocycles. The third-order valence-electron chi connectivity index (χ3n) is 5.72. The summed E-state index contributed by atoms with van der Waals surface area (Å²) in [5.74, 6) is 0.0287. The summed E-state index contributed by atoms with van der Waals surface area (Å²) in [6.45, 7) is 5.86. The van der Waals surface area contributed by atoms with Crippen LogP contribution in [0.1, 0.15) is 29.4 Å². The summed E-state index contributed by atoms with van der Waals surface area (Å²) in [5.41, 5.74) is 2.18. The highest BCUT2D eigenvalue weighted by Crippen LogP contribution is 2.29. The van der Waals surface area contributed by atoms with Crippen LogP contribution in [-0.2, 0) is 21.7 Å². The van der Waals surface area contributed by atoms with E-state index in [9.17, 15) is 14.4 Å². The minimum atomic E-state index is -1.20. The molecule has 0 radical (unpaired) electrons. The predicted molar refractivity (Wildman–Crippen MR) is 120 cm³/mol. The summed E-state index contributed by atoms with van der Waals surface area (Å²) in [5, 5.41) is 5.47. The number of carbonyl (C=O) groups excluding carboxylic acids is 3. The Kier molecular flexibility index (Phi) is 5.52. The van der Waals surface area contributed by atoms with Crippen molar-refractivity contribution in [2.75, 3.05) is 11.9 Å². The van der Waals surface area contributed by atoms with Crippen LogP contribution in [0.4, 0.5) is 10.5 Å². The van der Waals surface area contributed by atoms with E-state index in [0.29, 0.717) is 17.8 Å². The van der Waals surface area contributed by atoms with Crippen molar-refractivity contribution in [1.82, 2.24) is 19.8 Å². The Morgan fingerprint density at radius 3 is 2.38 bits per heavy atom. The number of urea groups is 1. The summed E-state index contributed by atoms with van der Waals surface area (Å²) >= 11 is 0. The first-order chi connectivity index (χ1) is 15.3. The maximum atomic E-state index is 13.0. The molecular weight excluding hydrogens is 406 g/mol. The molecule has 8 heteroatoms. The first-order valence-corrected chi connectivity index (χ1v) is 10.3. The molecule has 32 heavy (non-hydrogen) atoms. The van der Waals surface area contributed by atoms with Crippen molar-refractivity contribution >= 4 is 23.5 Å². The molecule has 4 rings (SSSR count). The number of rotatable bonds is 6. The van der Waals surface area contributed by atoms with E-state index in [-0.39, 0.29) is 6.54 Å². The van der Waals surface area contributed by atoms with Crippen molar-refractivity contribution in [1.29, 1.82) is 0 Å². The van der Waals surface area contributed by atoms with Crippen LogP contribution in [0.2, 0.25) is 0 Å². The average molecular weight is 431 g/mol. The van der Waals surface area contributed by atoms with Gasteiger partial charge in [-0.15, -0.1) is 0 Å². The number of carbonyl (C=O) groups is 3. The van der Waals surface area contributed by atoms with Gasteiger partial charge in [0.2, 0.25) is 5.91 Å². The molecule has 164 valence electrons. The van der Waals surface area contributed by atoms with Crippen molar-refractivity contribution < 1.29 is 14.4 Å². The predicted octanol–water partition coefficient (Wildman–Crippen LogP) is 2.95. The molecule has 0 spiro atoms. The number of nitrogens with zero attached hydrogens (tertiary/aromatic N) is 3. The maximum absolute atomic E-state index is 13.0. The minimum Gasteiger partial charge on any atom is -0.331 e. The van der Waals surface area contributed by atoms with Crippen LogP contribution in [0.25, 0.3) is 0 Å². The first kappa shape index (κ1) is 21.3. The summed E-state index contributed by atoms with van der Waals surface area (Å²) in [7, 11) is 0. The minimum absolute atomic E-state index is 0.359. The lowest BCUT2D eigenvalue weighted by molar-refractivity contribution is -0.133. The first-order valence-electron chi connectivity index (χ1n) is 10.3. The Labute approximate surface area is 186 Å². The zero-order valence-electron chi connectivity index (χ0n) is 18.3. The SMILES string of the molecule is Cc1ccc(C2(C)NC(=O)N(CC(=O)Nc3ccc(Cn4ccnc4C)cc3)C2=O)cc1. The van der Waals surface area contributed by atoms with Gasteiger partial charge in [-0.2, -0.15) is 0 Å². The third kappa shape index (κ3) is 4.12. The van der Waals surface area contributed by atoms with Gasteiger partial charge in [0, 0.05) is 24.6 Å². The molecule has 0 aliphatic carbocycles. The van der Waals surface area contributed by atoms with E-state index in [0.717, 1.165) is 21.9 Å². The molecule has 1 unspecified atom stereocenters. The number of aryl methyl sites for hydroxylation is 2. The Balaban J connectivity index is 1.39. The van der Waals surface area contributed by atoms with E-state index in [1.807, 2.05) is 61.0 Å². The summed E-state index contributed by atoms with van der Waals surface area (Å²) in [4.78, 5) is 43.1. The summed E-state index contributed by atoms with van der Waals surface area (Å²) in [6.07, 6.45) is 3.66. The highest BCUT2D eigenvalue weighted by atomic mass is 16.2. The van der Waals surface area contributed by atoms with Crippen LogP contribution in [0.3, 0.4) is 0 Å². The quantitative estimate of drug-likeness (QED) is 0.587. The van der Waals surface area contributed by atoms with E-state index < -0.39 is 23.4 Å². The zero-order valence-corrected chi connectivity index (χ0v) is 18.3. The molecule has 1 aliphatic rings. The molecular formula is C24H25N5O3. The van der Waals surface area contributed by atoms with Gasteiger partial charge in [0.05, 0.1) is 0 Å². The third-order valence-corrected chi connectivity index (χ3v) is 5.72. The van der Waals surface area contributed by atoms with Crippen molar-refractivity contribution in [2.45, 2.75) is 32.9 Å². The molecule has 8 nitrogen and oxygen atoms in total. The lowest BCUT2D eigenvalue weighted by Crippen LogP contribution is -2.42. The molecule has 4 amide bonds. The number of hydrogen-bond donors (Lipinski definition) is 2. The second-order valence-electron chi connectivity index (χ2n) is 8.16. The Morgan fingerprint density at radius 2 is 1.75 bits per heavy atom. The lowest BCUT2D eigenvalue weighted by Gasteiger charge is -2.22. The van der Waals surface area contributed by atoms with Crippen LogP contribution in [0, 0.1) is 13.8 Å². The molecule has 0 bridgehead atoms. The van der Waals surface area contributed by atoms with Gasteiger partial charge in [0.25, 0.3) is 5.91 Å². The van der Waals surface area contributed by atoms with Crippen molar-refractivity contribution in [3.63, 3.8) is 0 Å². The molecule has 3 aromatic rings. The van der Waals surface area contributed by atoms with Gasteiger partial charge in [-0.1, -0.05) is 42.0 Å². The number of anilines is 1. The Bertz CT molecular complexity index is 1170. The average Bonchev–Trinajstić information content (AvgIpc) is 3.26. The molecule has 1 fully saturated rings. The summed E-state index contributed by atoms with van der Waals surface area (Å²) in [6, 6.07) is 14.2. The maximum Gasteiger partial charge on any atom is 0.325 e. The fourth-order valence-electron chi connectivity index (χ4n) is 3.73. The second kappa shape index (κ2) is 8.30. The van der Waals surface area contributed by atoms with E-state index >= 15 is 0 Å². The van der Waals surface area contributed by atoms with Crippen LogP contribution in [-0.4, -0.2) is 38.8 Å². The topological polar surface area (TPSA) is 96.3 Å². The highest BCUT2D eigenvalue weighted by molar-refractivity contribution is 6.10. The lowest BCUT2D eigenvalue weighted by atomic mass is 9.91. The second-order valence-corrected chi connectivity index (χ2v) is 8.16. The number of imidazole rings is 1. The van der Waals surface area contributed by atoms with Gasteiger partial charge < -0.3 is 15.2 Å². The standard InChI is InChI=1S/C24H25N5O3/c1-16-4-8-19(9-5-16)24(3)22(31)29(23(32)27-24)15-21(30)26-20-10-6-18(7-11-20)14-28-13-12-25-17(28)2/h4-13H,14-15H2,1-3H3,(H,26,30)(H,27,32). The van der Waals surface area contributed by atoms with E-state index in [1.165, 1.54) is 0 Å². The Morgan fingerprint density at radius 1 is 1.06 bits per heavy atom. The number of imide groups is 1. The van der Waals surface area contributed by atoms with Crippen molar-refractivity contribution in [2.24, 2.45) is 0 Å². The van der Waals surface area contributed by atoms with E-state index in [2.05, 4.69) is 15.6 Å². The van der Waals surface area contributed by atoms with Gasteiger partial charge in [0.15, 0.2) is 0 Å². The molecule has 1 saturated heterocycles. The van der Waals surface area contributed by atoms with Gasteiger partial charge in [-0.3, -0.25) is 14.5 Å². The van der Waals surface area contributed by atoms with E-state index in [4.69, 9.17) is 0 Å². The highest BCUT2D eigenvalue weighted by Gasteiger charge is 2.49. The smallest absolute Gasteiger partial charge is 0.325 e.